The molecule has 20 aliphatic rings. The van der Waals surface area contributed by atoms with Gasteiger partial charge in [-0.1, -0.05) is 111 Å². The molecule has 12 saturated heterocycles. The molecular formula is C111H155F3O29. The Balaban J connectivity index is 0.000000124. The zero-order valence-electron chi connectivity index (χ0n) is 87.1. The van der Waals surface area contributed by atoms with E-state index < -0.39 is 58.6 Å². The van der Waals surface area contributed by atoms with E-state index in [4.69, 9.17) is 94.7 Å². The van der Waals surface area contributed by atoms with Crippen LogP contribution >= 0.6 is 0 Å². The molecule has 29 nitrogen and oxygen atoms in total. The van der Waals surface area contributed by atoms with Gasteiger partial charge in [-0.05, 0) is 183 Å². The number of benzene rings is 1. The van der Waals surface area contributed by atoms with E-state index in [0.29, 0.717) is 78.0 Å². The predicted molar refractivity (Wildman–Crippen MR) is 513 cm³/mol. The normalized spacial score (nSPS) is 43.7. The summed E-state index contributed by atoms with van der Waals surface area (Å²) in [6.07, 6.45) is 27.6. The molecule has 0 N–H and O–H groups in total. The Hall–Kier alpha value is -6.38. The average molecular weight is 2010 g/mol. The maximum atomic E-state index is 12.6. The van der Waals surface area contributed by atoms with E-state index in [1.54, 1.807) is 46.7 Å². The maximum absolute atomic E-state index is 12.6. The van der Waals surface area contributed by atoms with Crippen molar-refractivity contribution < 1.29 is 151 Å². The van der Waals surface area contributed by atoms with Crippen LogP contribution < -0.4 is 0 Å². The van der Waals surface area contributed by atoms with Gasteiger partial charge in [-0.3, -0.25) is 43.2 Å². The van der Waals surface area contributed by atoms with Gasteiger partial charge in [0.25, 0.3) is 0 Å². The maximum Gasteiger partial charge on any atom is 0.412 e. The molecule has 6 spiro atoms. The SMILES string of the molecule is CCOC(=O)CCCCC/C=C/C[C@H]1O[C@]1(C)[C@H]1[C@H](OC)C(=O)CC[C@]12CO2.CO[C@@H]1C(=O)CC[C@]2(CO2)[C@H]1[C@@]1(C)O[C@@H]1C/C=C/COC(C)=O.CO[C@@H]1C(=O)CC[C@]2(CO2)[C@H]1[C@@]1(C)O[C@@H]1CC(=O)CCc1ccccc1.CO[C@@H]1C(=O)[C@@H](C)C[C@]2(CO2)[C@H]1[C@@]1(C)O[C@@H]1CC=C1CC1.CO[C@@H]1C(=O)[C@H](C)C[C@]2(CO2)[C@H]1[C@@]1(C)O[C@@H]1C/C=C(\C)C(F)(F)F.CO[C@@H]1C(=O)[C@H](C)C[C@]2(CO2)[C@H]1[C@@]1(C)O[C@@H]1CC=C1CC1. The summed E-state index contributed by atoms with van der Waals surface area (Å²) in [4.78, 5) is 109. The second kappa shape index (κ2) is 42.8. The van der Waals surface area contributed by atoms with Gasteiger partial charge >= 0.3 is 18.1 Å². The third-order valence-electron chi connectivity index (χ3n) is 35.3. The van der Waals surface area contributed by atoms with Crippen LogP contribution in [0.1, 0.15) is 249 Å². The molecule has 32 heteroatoms. The fraction of sp³-hybridized carbons (Fsp3) is 0.775. The number of ether oxygens (including phenoxy) is 20. The van der Waals surface area contributed by atoms with Crippen LogP contribution in [0.4, 0.5) is 13.2 Å². The summed E-state index contributed by atoms with van der Waals surface area (Å²) in [7, 11) is 9.52. The highest BCUT2D eigenvalue weighted by molar-refractivity contribution is 5.90. The van der Waals surface area contributed by atoms with Gasteiger partial charge in [-0.25, -0.2) is 0 Å². The Morgan fingerprint density at radius 3 is 1.08 bits per heavy atom. The summed E-state index contributed by atoms with van der Waals surface area (Å²) in [6, 6.07) is 10.0. The molecule has 1 aromatic rings. The van der Waals surface area contributed by atoms with E-state index in [-0.39, 0.29) is 212 Å². The van der Waals surface area contributed by atoms with Crippen molar-refractivity contribution in [3.05, 3.63) is 95.1 Å². The molecule has 12 heterocycles. The lowest BCUT2D eigenvalue weighted by atomic mass is 9.66. The first-order valence-electron chi connectivity index (χ1n) is 52.4. The monoisotopic (exact) mass is 2010 g/mol. The Kier molecular flexibility index (Phi) is 32.7. The van der Waals surface area contributed by atoms with Gasteiger partial charge in [0.1, 0.15) is 116 Å². The van der Waals surface area contributed by atoms with Gasteiger partial charge in [0.15, 0.2) is 34.7 Å². The first-order chi connectivity index (χ1) is 67.9. The van der Waals surface area contributed by atoms with E-state index >= 15 is 0 Å². The van der Waals surface area contributed by atoms with Gasteiger partial charge in [0, 0.05) is 111 Å². The number of allylic oxidation sites excluding steroid dienone is 4. The summed E-state index contributed by atoms with van der Waals surface area (Å²) < 4.78 is 151. The molecule has 12 aliphatic heterocycles. The van der Waals surface area contributed by atoms with Crippen molar-refractivity contribution in [2.45, 2.75) is 397 Å². The number of esters is 2. The summed E-state index contributed by atoms with van der Waals surface area (Å²) >= 11 is 0. The number of hydrogen-bond donors (Lipinski definition) is 0. The predicted octanol–water partition coefficient (Wildman–Crippen LogP) is 14.9. The van der Waals surface area contributed by atoms with Crippen molar-refractivity contribution in [2.24, 2.45) is 53.3 Å². The topological polar surface area (TPSA) is 378 Å². The summed E-state index contributed by atoms with van der Waals surface area (Å²) in [6.45, 7) is 27.1. The van der Waals surface area contributed by atoms with Crippen LogP contribution in [-0.4, -0.2) is 295 Å². The number of unbranched alkanes of at least 4 members (excludes halogenated alkanes) is 3. The van der Waals surface area contributed by atoms with Crippen LogP contribution in [0.2, 0.25) is 0 Å². The standard InChI is InChI=1S/C22H34O6.C21H26O5.C17H23F3O4.C17H24O6.2C17H24O4/c1-4-26-18(24)12-10-8-6-5-7-9-11-17-21(2,28-17)20-19(25-3)16(23)13-14-22(20)15-27-22;1-20(19-18(24-2)16(23)10-11-21(19)13-25-21)17(26-20)12-15(22)9-8-14-6-4-3-5-7-14;1-9-7-16(8-23-16)14(13(22-4)12(9)21)15(3)11(24-15)6-5-10(2)17(18,19)20;1-11(18)21-9-5-4-6-13-16(2,23-13)15-14(20-3)12(19)7-8-17(15)10-22-17;2*1-10-8-17(9-20-17)15(14(19-3)13(10)18)16(2)12(21-16)7-6-11-4-5-11/h7,9,17,19-20H,4-6,8,10-15H2,1-3H3;3-7,17-19H,8-13H2,1-2H3;5,9,11,13-14H,6-8H2,1-4H3;4-5,13-15H,6-10H2,1-3H3;2*6,10,12,14-15H,4-5,7-9H2,1-3H3/b9-7+;;10-5+;5-4+;;/t17-,19-,20-,21+,22+;17-,18-,19-,20+,21+;9-,11-,13-,14-,15+,16+;13-,14-,15-,16+,17+;10-,12+,14+,15+,16-,17-;10-,12-,14-,15-,16+,17+/m111101/s1. The number of alkyl halides is 3. The van der Waals surface area contributed by atoms with E-state index in [2.05, 4.69) is 45.1 Å². The number of carbonyl (C=O) groups is 9. The molecule has 0 amide bonds. The minimum Gasteiger partial charge on any atom is -0.466 e. The molecule has 1 aromatic carbocycles. The molecule has 33 atom stereocenters. The van der Waals surface area contributed by atoms with Gasteiger partial charge < -0.3 is 94.7 Å². The number of carbonyl (C=O) groups excluding carboxylic acids is 9. The lowest BCUT2D eigenvalue weighted by Gasteiger charge is -2.40. The van der Waals surface area contributed by atoms with Crippen molar-refractivity contribution in [1.29, 1.82) is 0 Å². The smallest absolute Gasteiger partial charge is 0.412 e. The number of aryl methyl sites for hydroxylation is 1. The first kappa shape index (κ1) is 109. The number of rotatable bonds is 36. The van der Waals surface area contributed by atoms with Crippen molar-refractivity contribution in [3.8, 4) is 0 Å². The molecule has 8 aliphatic carbocycles. The molecule has 8 saturated carbocycles. The lowest BCUT2D eigenvalue weighted by Crippen LogP contribution is -2.55. The molecule has 20 fully saturated rings. The Labute approximate surface area is 839 Å². The van der Waals surface area contributed by atoms with Crippen molar-refractivity contribution in [3.63, 3.8) is 0 Å². The number of epoxide rings is 12. The molecular weight excluding hydrogens is 1850 g/mol. The summed E-state index contributed by atoms with van der Waals surface area (Å²) in [5.41, 5.74) is -0.500. The molecule has 794 valence electrons. The largest absolute Gasteiger partial charge is 0.466 e. The molecule has 21 rings (SSSR count). The summed E-state index contributed by atoms with van der Waals surface area (Å²) in [5.74, 6) is 0.0962. The number of Topliss-reactive ketones (excluding diaryl/α,β-unsaturated/α-hetero) is 7. The van der Waals surface area contributed by atoms with Gasteiger partial charge in [-0.15, -0.1) is 0 Å². The Morgan fingerprint density at radius 2 is 0.741 bits per heavy atom. The van der Waals surface area contributed by atoms with E-state index in [1.807, 2.05) is 91.0 Å². The minimum atomic E-state index is -4.32. The van der Waals surface area contributed by atoms with Crippen LogP contribution in [-0.2, 0) is 144 Å². The molecule has 0 radical (unpaired) electrons. The van der Waals surface area contributed by atoms with Crippen molar-refractivity contribution >= 4 is 52.4 Å². The van der Waals surface area contributed by atoms with E-state index in [1.165, 1.54) is 45.3 Å². The van der Waals surface area contributed by atoms with Gasteiger partial charge in [0.05, 0.1) is 118 Å². The van der Waals surface area contributed by atoms with Crippen LogP contribution in [0, 0.1) is 53.3 Å². The van der Waals surface area contributed by atoms with Crippen LogP contribution in [0.15, 0.2) is 89.6 Å². The Bertz CT molecular complexity index is 4860. The second-order valence-corrected chi connectivity index (χ2v) is 45.3. The molecule has 0 unspecified atom stereocenters. The van der Waals surface area contributed by atoms with Crippen molar-refractivity contribution in [1.82, 2.24) is 0 Å². The third kappa shape index (κ3) is 23.6. The second-order valence-electron chi connectivity index (χ2n) is 45.3. The molecule has 0 aromatic heterocycles. The van der Waals surface area contributed by atoms with Crippen molar-refractivity contribution in [2.75, 3.05) is 95.5 Å². The summed E-state index contributed by atoms with van der Waals surface area (Å²) in [5, 5.41) is 0. The highest BCUT2D eigenvalue weighted by Gasteiger charge is 2.79. The van der Waals surface area contributed by atoms with E-state index in [0.717, 1.165) is 116 Å². The third-order valence-corrected chi connectivity index (χ3v) is 35.3. The number of halogens is 3. The Morgan fingerprint density at radius 1 is 0.406 bits per heavy atom. The fourth-order valence-corrected chi connectivity index (χ4v) is 26.0. The molecule has 0 bridgehead atoms. The highest BCUT2D eigenvalue weighted by Crippen LogP contribution is 2.66. The number of ketones is 7. The van der Waals surface area contributed by atoms with Crippen LogP contribution in [0.25, 0.3) is 0 Å². The van der Waals surface area contributed by atoms with Crippen LogP contribution in [0.3, 0.4) is 0 Å². The zero-order chi connectivity index (χ0) is 103. The van der Waals surface area contributed by atoms with Gasteiger partial charge in [-0.2, -0.15) is 13.2 Å². The van der Waals surface area contributed by atoms with E-state index in [9.17, 15) is 56.3 Å². The lowest BCUT2D eigenvalue weighted by molar-refractivity contribution is -0.148. The number of methoxy groups -OCH3 is 6. The minimum absolute atomic E-state index is 0.0149. The zero-order valence-corrected chi connectivity index (χ0v) is 87.1. The van der Waals surface area contributed by atoms with Gasteiger partial charge in [0.2, 0.25) is 0 Å². The fourth-order valence-electron chi connectivity index (χ4n) is 26.0. The van der Waals surface area contributed by atoms with Crippen LogP contribution in [0.5, 0.6) is 0 Å². The first-order valence-corrected chi connectivity index (χ1v) is 52.4. The average Bonchev–Trinajstić information content (AvgIpc) is 1.63. The molecule has 143 heavy (non-hydrogen) atoms. The highest BCUT2D eigenvalue weighted by atomic mass is 19.4. The quantitative estimate of drug-likeness (QED) is 0.0261. The number of hydrogen-bond acceptors (Lipinski definition) is 29.